The van der Waals surface area contributed by atoms with Crippen LogP contribution < -0.4 is 5.43 Å². The van der Waals surface area contributed by atoms with Gasteiger partial charge >= 0.3 is 0 Å². The molecule has 0 radical (unpaired) electrons. The minimum Gasteiger partial charge on any atom is -0.394 e. The van der Waals surface area contributed by atoms with Gasteiger partial charge in [0.15, 0.2) is 0 Å². The van der Waals surface area contributed by atoms with Crippen LogP contribution in [0.3, 0.4) is 0 Å². The molecule has 2 aliphatic rings. The maximum Gasteiger partial charge on any atom is 0.205 e. The summed E-state index contributed by atoms with van der Waals surface area (Å²) in [6.07, 6.45) is 9.87. The molecule has 2 heterocycles. The molecule has 1 aromatic heterocycles. The van der Waals surface area contributed by atoms with Gasteiger partial charge in [-0.1, -0.05) is 74.7 Å². The highest BCUT2D eigenvalue weighted by Gasteiger charge is 2.47. The van der Waals surface area contributed by atoms with Crippen LogP contribution in [0.4, 0.5) is 0 Å². The minimum absolute atomic E-state index is 0.151. The summed E-state index contributed by atoms with van der Waals surface area (Å²) < 4.78 is 0. The van der Waals surface area contributed by atoms with Crippen molar-refractivity contribution in [3.05, 3.63) is 65.9 Å². The Kier molecular flexibility index (Phi) is 6.24. The average molecular weight is 445 g/mol. The van der Waals surface area contributed by atoms with Crippen LogP contribution in [0.1, 0.15) is 51.0 Å². The van der Waals surface area contributed by atoms with Gasteiger partial charge in [-0.2, -0.15) is 5.21 Å². The van der Waals surface area contributed by atoms with Crippen LogP contribution in [0.5, 0.6) is 0 Å². The van der Waals surface area contributed by atoms with Crippen molar-refractivity contribution in [2.75, 3.05) is 6.61 Å². The number of tetrazole rings is 1. The molecular weight excluding hydrogens is 412 g/mol. The zero-order chi connectivity index (χ0) is 22.7. The highest BCUT2D eigenvalue weighted by atomic mass is 16.3. The van der Waals surface area contributed by atoms with Gasteiger partial charge in [0.2, 0.25) is 5.82 Å². The summed E-state index contributed by atoms with van der Waals surface area (Å²) in [5, 5.41) is 27.5. The zero-order valence-corrected chi connectivity index (χ0v) is 19.2. The molecule has 0 spiro atoms. The normalized spacial score (nSPS) is 21.0. The molecule has 1 aliphatic carbocycles. The third-order valence-corrected chi connectivity index (χ3v) is 7.25. The summed E-state index contributed by atoms with van der Waals surface area (Å²) in [5.41, 5.74) is 8.91. The van der Waals surface area contributed by atoms with E-state index in [0.29, 0.717) is 11.9 Å². The van der Waals surface area contributed by atoms with Crippen molar-refractivity contribution in [2.45, 2.75) is 63.5 Å². The van der Waals surface area contributed by atoms with Crippen molar-refractivity contribution in [1.29, 1.82) is 0 Å². The number of H-pyrrole nitrogens is 1. The molecule has 1 unspecified atom stereocenters. The highest BCUT2D eigenvalue weighted by Crippen LogP contribution is 2.40. The fourth-order valence-corrected chi connectivity index (χ4v) is 5.11. The summed E-state index contributed by atoms with van der Waals surface area (Å²) in [6.45, 7) is 2.37. The van der Waals surface area contributed by atoms with Crippen LogP contribution >= 0.6 is 0 Å². The summed E-state index contributed by atoms with van der Waals surface area (Å²) >= 11 is 0. The van der Waals surface area contributed by atoms with E-state index in [-0.39, 0.29) is 12.1 Å². The molecule has 0 bridgehead atoms. The van der Waals surface area contributed by atoms with Gasteiger partial charge in [-0.25, -0.2) is 5.01 Å². The molecule has 33 heavy (non-hydrogen) atoms. The van der Waals surface area contributed by atoms with E-state index in [1.807, 2.05) is 18.2 Å². The number of aliphatic hydroxyl groups is 1. The van der Waals surface area contributed by atoms with Gasteiger partial charge in [0.05, 0.1) is 12.1 Å². The van der Waals surface area contributed by atoms with E-state index in [0.717, 1.165) is 42.4 Å². The Hall–Kier alpha value is -3.03. The van der Waals surface area contributed by atoms with Gasteiger partial charge in [-0.15, -0.1) is 10.2 Å². The lowest BCUT2D eigenvalue weighted by Gasteiger charge is -2.46. The molecule has 1 aliphatic heterocycles. The van der Waals surface area contributed by atoms with Crippen molar-refractivity contribution < 1.29 is 5.11 Å². The number of hydrazine groups is 1. The number of benzene rings is 2. The van der Waals surface area contributed by atoms with Gasteiger partial charge in [0, 0.05) is 17.8 Å². The van der Waals surface area contributed by atoms with Crippen molar-refractivity contribution in [3.8, 4) is 22.5 Å². The molecule has 172 valence electrons. The highest BCUT2D eigenvalue weighted by molar-refractivity contribution is 5.80. The third kappa shape index (κ3) is 4.07. The van der Waals surface area contributed by atoms with Crippen LogP contribution in [0.15, 0.2) is 60.3 Å². The Bertz CT molecular complexity index is 1090. The van der Waals surface area contributed by atoms with Gasteiger partial charge in [-0.3, -0.25) is 0 Å². The van der Waals surface area contributed by atoms with Gasteiger partial charge in [0.1, 0.15) is 0 Å². The lowest BCUT2D eigenvalue weighted by Crippen LogP contribution is -2.59. The second-order valence-corrected chi connectivity index (χ2v) is 9.20. The van der Waals surface area contributed by atoms with Gasteiger partial charge < -0.3 is 10.5 Å². The van der Waals surface area contributed by atoms with Crippen molar-refractivity contribution >= 4 is 0 Å². The minimum atomic E-state index is -0.301. The predicted molar refractivity (Wildman–Crippen MR) is 129 cm³/mol. The SMILES string of the molecule is CCCCC1(CO)C(Cc2ccc(-c3ccccc3-c3nn[nH]n3)cc2)=CNN1C1CCC1. The summed E-state index contributed by atoms with van der Waals surface area (Å²) in [5.74, 6) is 0.594. The largest absolute Gasteiger partial charge is 0.394 e. The van der Waals surface area contributed by atoms with E-state index < -0.39 is 0 Å². The Balaban J connectivity index is 1.38. The molecule has 1 saturated carbocycles. The number of nitrogens with one attached hydrogen (secondary N) is 2. The van der Waals surface area contributed by atoms with Gasteiger partial charge in [0.25, 0.3) is 0 Å². The van der Waals surface area contributed by atoms with Gasteiger partial charge in [-0.05, 0) is 53.2 Å². The van der Waals surface area contributed by atoms with E-state index in [4.69, 9.17) is 0 Å². The topological polar surface area (TPSA) is 90.0 Å². The Morgan fingerprint density at radius 1 is 1.09 bits per heavy atom. The van der Waals surface area contributed by atoms with Crippen LogP contribution in [-0.4, -0.2) is 48.9 Å². The maximum atomic E-state index is 10.6. The van der Waals surface area contributed by atoms with Crippen LogP contribution in [0.25, 0.3) is 22.5 Å². The standard InChI is InChI=1S/C26H32N6O/c1-2-3-15-26(18-33)21(17-27-32(26)22-7-6-8-22)16-19-11-13-20(14-12-19)23-9-4-5-10-24(23)25-28-30-31-29-25/h4-5,9-14,17,22,27,33H,2-3,6-8,15-16,18H2,1H3,(H,28,29,30,31). The molecular formula is C26H32N6O. The number of aliphatic hydroxyl groups excluding tert-OH is 1. The van der Waals surface area contributed by atoms with E-state index in [2.05, 4.69) is 74.5 Å². The lowest BCUT2D eigenvalue weighted by molar-refractivity contribution is -0.0241. The molecule has 7 nitrogen and oxygen atoms in total. The molecule has 2 aromatic carbocycles. The molecule has 1 atom stereocenters. The summed E-state index contributed by atoms with van der Waals surface area (Å²) in [7, 11) is 0. The Labute approximate surface area is 194 Å². The number of aromatic amines is 1. The quantitative estimate of drug-likeness (QED) is 0.457. The predicted octanol–water partition coefficient (Wildman–Crippen LogP) is 4.25. The van der Waals surface area contributed by atoms with E-state index in [9.17, 15) is 5.11 Å². The molecule has 3 N–H and O–H groups in total. The number of hydrogen-bond acceptors (Lipinski definition) is 6. The molecule has 0 saturated heterocycles. The second kappa shape index (κ2) is 9.45. The van der Waals surface area contributed by atoms with Crippen molar-refractivity contribution in [2.24, 2.45) is 0 Å². The lowest BCUT2D eigenvalue weighted by atomic mass is 9.79. The number of aromatic nitrogens is 4. The number of unbranched alkanes of at least 4 members (excludes halogenated alkanes) is 1. The Morgan fingerprint density at radius 2 is 1.88 bits per heavy atom. The zero-order valence-electron chi connectivity index (χ0n) is 19.2. The molecule has 7 heteroatoms. The van der Waals surface area contributed by atoms with E-state index >= 15 is 0 Å². The second-order valence-electron chi connectivity index (χ2n) is 9.20. The van der Waals surface area contributed by atoms with Crippen LogP contribution in [0.2, 0.25) is 0 Å². The molecule has 5 rings (SSSR count). The summed E-state index contributed by atoms with van der Waals surface area (Å²) in [6, 6.07) is 17.3. The van der Waals surface area contributed by atoms with Crippen LogP contribution in [-0.2, 0) is 6.42 Å². The number of nitrogens with zero attached hydrogens (tertiary/aromatic N) is 4. The Morgan fingerprint density at radius 3 is 2.52 bits per heavy atom. The first-order valence-corrected chi connectivity index (χ1v) is 12.0. The molecule has 1 fully saturated rings. The van der Waals surface area contributed by atoms with Crippen molar-refractivity contribution in [3.63, 3.8) is 0 Å². The first kappa shape index (κ1) is 21.8. The average Bonchev–Trinajstić information content (AvgIpc) is 3.47. The molecule has 0 amide bonds. The fourth-order valence-electron chi connectivity index (χ4n) is 5.11. The third-order valence-electron chi connectivity index (χ3n) is 7.25. The summed E-state index contributed by atoms with van der Waals surface area (Å²) in [4.78, 5) is 0. The monoisotopic (exact) mass is 444 g/mol. The van der Waals surface area contributed by atoms with Crippen molar-refractivity contribution in [1.82, 2.24) is 31.1 Å². The first-order chi connectivity index (χ1) is 16.2. The smallest absolute Gasteiger partial charge is 0.205 e. The first-order valence-electron chi connectivity index (χ1n) is 12.0. The van der Waals surface area contributed by atoms with Crippen LogP contribution in [0, 0.1) is 0 Å². The van der Waals surface area contributed by atoms with E-state index in [1.54, 1.807) is 0 Å². The number of rotatable bonds is 9. The number of hydrogen-bond donors (Lipinski definition) is 3. The maximum absolute atomic E-state index is 10.6. The van der Waals surface area contributed by atoms with E-state index in [1.165, 1.54) is 30.4 Å². The molecule has 3 aromatic rings. The fraction of sp³-hybridized carbons (Fsp3) is 0.423.